The lowest BCUT2D eigenvalue weighted by molar-refractivity contribution is 0.262. The summed E-state index contributed by atoms with van der Waals surface area (Å²) < 4.78 is 1.84. The van der Waals surface area contributed by atoms with Crippen LogP contribution in [0.15, 0.2) is 24.3 Å². The van der Waals surface area contributed by atoms with E-state index < -0.39 is 0 Å². The Morgan fingerprint density at radius 2 is 2.05 bits per heavy atom. The molecule has 0 bridgehead atoms. The van der Waals surface area contributed by atoms with Crippen LogP contribution >= 0.6 is 11.6 Å². The van der Waals surface area contributed by atoms with Gasteiger partial charge in [0.2, 0.25) is 0 Å². The first kappa shape index (κ1) is 15.1. The molecule has 0 saturated heterocycles. The number of benzene rings is 1. The first-order chi connectivity index (χ1) is 9.58. The van der Waals surface area contributed by atoms with Gasteiger partial charge in [0.1, 0.15) is 0 Å². The third kappa shape index (κ3) is 2.89. The number of rotatable bonds is 5. The predicted molar refractivity (Wildman–Crippen MR) is 82.3 cm³/mol. The topological polar surface area (TPSA) is 38.0 Å². The SMILES string of the molecule is CCc1nn(C)c(CC(CO)c2ccccc2C)c1Cl. The highest BCUT2D eigenvalue weighted by atomic mass is 35.5. The normalized spacial score (nSPS) is 12.7. The summed E-state index contributed by atoms with van der Waals surface area (Å²) in [6.45, 7) is 4.22. The maximum Gasteiger partial charge on any atom is 0.0849 e. The van der Waals surface area contributed by atoms with Crippen molar-refractivity contribution in [1.29, 1.82) is 0 Å². The molecular formula is C16H21ClN2O. The maximum atomic E-state index is 9.74. The molecule has 0 spiro atoms. The summed E-state index contributed by atoms with van der Waals surface area (Å²) in [5.41, 5.74) is 4.28. The summed E-state index contributed by atoms with van der Waals surface area (Å²) in [5.74, 6) is 0.0498. The largest absolute Gasteiger partial charge is 0.396 e. The van der Waals surface area contributed by atoms with Gasteiger partial charge < -0.3 is 5.11 Å². The Balaban J connectivity index is 2.32. The molecule has 0 aliphatic rings. The highest BCUT2D eigenvalue weighted by Crippen LogP contribution is 2.28. The smallest absolute Gasteiger partial charge is 0.0849 e. The van der Waals surface area contributed by atoms with E-state index in [-0.39, 0.29) is 12.5 Å². The lowest BCUT2D eigenvalue weighted by atomic mass is 9.91. The Morgan fingerprint density at radius 1 is 1.35 bits per heavy atom. The minimum absolute atomic E-state index is 0.0498. The van der Waals surface area contributed by atoms with E-state index in [4.69, 9.17) is 11.6 Å². The fraction of sp³-hybridized carbons (Fsp3) is 0.438. The van der Waals surface area contributed by atoms with Crippen LogP contribution in [0.25, 0.3) is 0 Å². The van der Waals surface area contributed by atoms with Crippen molar-refractivity contribution in [2.24, 2.45) is 7.05 Å². The number of hydrogen-bond acceptors (Lipinski definition) is 2. The van der Waals surface area contributed by atoms with E-state index in [1.807, 2.05) is 30.8 Å². The Labute approximate surface area is 125 Å². The summed E-state index contributed by atoms with van der Waals surface area (Å²) in [6, 6.07) is 8.16. The van der Waals surface area contributed by atoms with Gasteiger partial charge in [-0.15, -0.1) is 0 Å². The molecule has 108 valence electrons. The summed E-state index contributed by atoms with van der Waals surface area (Å²) >= 11 is 6.39. The van der Waals surface area contributed by atoms with Gasteiger partial charge in [0, 0.05) is 13.0 Å². The highest BCUT2D eigenvalue weighted by Gasteiger charge is 2.19. The van der Waals surface area contributed by atoms with Crippen molar-refractivity contribution in [3.05, 3.63) is 51.8 Å². The molecule has 0 fully saturated rings. The van der Waals surface area contributed by atoms with E-state index in [0.717, 1.165) is 22.8 Å². The number of aliphatic hydroxyl groups is 1. The van der Waals surface area contributed by atoms with Gasteiger partial charge in [-0.25, -0.2) is 0 Å². The molecule has 4 heteroatoms. The third-order valence-electron chi connectivity index (χ3n) is 3.79. The van der Waals surface area contributed by atoms with Gasteiger partial charge in [0.15, 0.2) is 0 Å². The molecule has 1 aromatic heterocycles. The minimum atomic E-state index is 0.0498. The number of nitrogens with zero attached hydrogens (tertiary/aromatic N) is 2. The predicted octanol–water partition coefficient (Wildman–Crippen LogP) is 3.26. The van der Waals surface area contributed by atoms with Crippen molar-refractivity contribution in [3.63, 3.8) is 0 Å². The standard InChI is InChI=1S/C16H21ClN2O/c1-4-14-16(17)15(19(3)18-14)9-12(10-20)13-8-6-5-7-11(13)2/h5-8,12,20H,4,9-10H2,1-3H3. The molecule has 20 heavy (non-hydrogen) atoms. The number of aryl methyl sites for hydroxylation is 3. The van der Waals surface area contributed by atoms with Crippen LogP contribution in [0, 0.1) is 6.92 Å². The highest BCUT2D eigenvalue weighted by molar-refractivity contribution is 6.31. The molecule has 1 atom stereocenters. The average molecular weight is 293 g/mol. The van der Waals surface area contributed by atoms with Crippen molar-refractivity contribution in [1.82, 2.24) is 9.78 Å². The molecular weight excluding hydrogens is 272 g/mol. The molecule has 1 aromatic carbocycles. The van der Waals surface area contributed by atoms with E-state index in [0.29, 0.717) is 6.42 Å². The number of halogens is 1. The Kier molecular flexibility index (Phi) is 4.84. The molecule has 0 amide bonds. The van der Waals surface area contributed by atoms with Crippen LogP contribution in [0.5, 0.6) is 0 Å². The van der Waals surface area contributed by atoms with Gasteiger partial charge in [-0.05, 0) is 30.9 Å². The van der Waals surface area contributed by atoms with Gasteiger partial charge in [0.05, 0.1) is 23.0 Å². The van der Waals surface area contributed by atoms with Crippen molar-refractivity contribution >= 4 is 11.6 Å². The van der Waals surface area contributed by atoms with Crippen molar-refractivity contribution in [2.45, 2.75) is 32.6 Å². The second-order valence-corrected chi connectivity index (χ2v) is 5.50. The zero-order chi connectivity index (χ0) is 14.7. The molecule has 2 aromatic rings. The summed E-state index contributed by atoms with van der Waals surface area (Å²) in [4.78, 5) is 0. The van der Waals surface area contributed by atoms with Crippen LogP contribution in [0.3, 0.4) is 0 Å². The summed E-state index contributed by atoms with van der Waals surface area (Å²) in [6.07, 6.45) is 1.52. The molecule has 0 saturated carbocycles. The van der Waals surface area contributed by atoms with Gasteiger partial charge in [0.25, 0.3) is 0 Å². The van der Waals surface area contributed by atoms with Gasteiger partial charge in [-0.1, -0.05) is 42.8 Å². The van der Waals surface area contributed by atoms with Gasteiger partial charge in [-0.3, -0.25) is 4.68 Å². The lowest BCUT2D eigenvalue weighted by Crippen LogP contribution is -2.12. The van der Waals surface area contributed by atoms with Crippen LogP contribution in [0.1, 0.15) is 35.4 Å². The van der Waals surface area contributed by atoms with E-state index in [9.17, 15) is 5.11 Å². The van der Waals surface area contributed by atoms with Gasteiger partial charge in [-0.2, -0.15) is 5.10 Å². The molecule has 2 rings (SSSR count). The quantitative estimate of drug-likeness (QED) is 0.918. The second kappa shape index (κ2) is 6.42. The number of aromatic nitrogens is 2. The minimum Gasteiger partial charge on any atom is -0.396 e. The van der Waals surface area contributed by atoms with Crippen LogP contribution in [-0.4, -0.2) is 21.5 Å². The first-order valence-corrected chi connectivity index (χ1v) is 7.32. The van der Waals surface area contributed by atoms with Gasteiger partial charge >= 0.3 is 0 Å². The molecule has 1 unspecified atom stereocenters. The second-order valence-electron chi connectivity index (χ2n) is 5.12. The molecule has 0 aliphatic carbocycles. The average Bonchev–Trinajstić information content (AvgIpc) is 2.72. The fourth-order valence-electron chi connectivity index (χ4n) is 2.59. The molecule has 1 N–H and O–H groups in total. The summed E-state index contributed by atoms with van der Waals surface area (Å²) in [7, 11) is 1.91. The monoisotopic (exact) mass is 292 g/mol. The van der Waals surface area contributed by atoms with Crippen LogP contribution < -0.4 is 0 Å². The van der Waals surface area contributed by atoms with E-state index >= 15 is 0 Å². The lowest BCUT2D eigenvalue weighted by Gasteiger charge is -2.17. The summed E-state index contributed by atoms with van der Waals surface area (Å²) in [5, 5.41) is 14.9. The Hall–Kier alpha value is -1.32. The third-order valence-corrected chi connectivity index (χ3v) is 4.23. The zero-order valence-electron chi connectivity index (χ0n) is 12.2. The van der Waals surface area contributed by atoms with Crippen LogP contribution in [0.4, 0.5) is 0 Å². The molecule has 3 nitrogen and oxygen atoms in total. The van der Waals surface area contributed by atoms with Crippen molar-refractivity contribution < 1.29 is 5.11 Å². The van der Waals surface area contributed by atoms with E-state index in [2.05, 4.69) is 24.2 Å². The molecule has 0 radical (unpaired) electrons. The zero-order valence-corrected chi connectivity index (χ0v) is 13.0. The van der Waals surface area contributed by atoms with Crippen LogP contribution in [0.2, 0.25) is 5.02 Å². The van der Waals surface area contributed by atoms with Crippen molar-refractivity contribution in [3.8, 4) is 0 Å². The molecule has 0 aliphatic heterocycles. The number of hydrogen-bond donors (Lipinski definition) is 1. The molecule has 1 heterocycles. The fourth-order valence-corrected chi connectivity index (χ4v) is 2.96. The number of aliphatic hydroxyl groups excluding tert-OH is 1. The first-order valence-electron chi connectivity index (χ1n) is 6.95. The van der Waals surface area contributed by atoms with E-state index in [1.165, 1.54) is 11.1 Å². The van der Waals surface area contributed by atoms with E-state index in [1.54, 1.807) is 0 Å². The Morgan fingerprint density at radius 3 is 2.60 bits per heavy atom. The maximum absolute atomic E-state index is 9.74. The van der Waals surface area contributed by atoms with Crippen molar-refractivity contribution in [2.75, 3.05) is 6.61 Å². The Bertz CT molecular complexity index is 592. The van der Waals surface area contributed by atoms with Crippen LogP contribution in [-0.2, 0) is 19.9 Å².